The first-order valence-electron chi connectivity index (χ1n) is 7.14. The summed E-state index contributed by atoms with van der Waals surface area (Å²) in [6.07, 6.45) is 0.886. The lowest BCUT2D eigenvalue weighted by Gasteiger charge is -2.34. The molecule has 0 aromatic heterocycles. The Morgan fingerprint density at radius 3 is 2.82 bits per heavy atom. The van der Waals surface area contributed by atoms with Crippen LogP contribution in [0.1, 0.15) is 19.8 Å². The highest BCUT2D eigenvalue weighted by molar-refractivity contribution is 7.97. The van der Waals surface area contributed by atoms with Crippen molar-refractivity contribution in [3.05, 3.63) is 18.2 Å². The van der Waals surface area contributed by atoms with Gasteiger partial charge in [0.1, 0.15) is 11.4 Å². The number of methoxy groups -OCH3 is 1. The molecule has 0 aliphatic carbocycles. The molecule has 2 amide bonds. The molecule has 1 aliphatic rings. The molecule has 7 heteroatoms. The van der Waals surface area contributed by atoms with Crippen LogP contribution in [0.25, 0.3) is 0 Å². The molecule has 2 rings (SSSR count). The average Bonchev–Trinajstić information content (AvgIpc) is 2.51. The van der Waals surface area contributed by atoms with Crippen molar-refractivity contribution >= 4 is 29.6 Å². The second-order valence-electron chi connectivity index (χ2n) is 4.75. The van der Waals surface area contributed by atoms with E-state index in [9.17, 15) is 9.59 Å². The van der Waals surface area contributed by atoms with Gasteiger partial charge in [-0.2, -0.15) is 0 Å². The lowest BCUT2D eigenvalue weighted by molar-refractivity contribution is -0.143. The number of para-hydroxylation sites is 1. The van der Waals surface area contributed by atoms with Crippen molar-refractivity contribution in [1.82, 2.24) is 4.31 Å². The van der Waals surface area contributed by atoms with E-state index in [0.717, 1.165) is 10.6 Å². The van der Waals surface area contributed by atoms with Gasteiger partial charge in [-0.3, -0.25) is 14.0 Å². The lowest BCUT2D eigenvalue weighted by atomic mass is 10.2. The number of carbonyl (C=O) groups excluding carboxylic acids is 2. The third kappa shape index (κ3) is 3.47. The molecule has 0 saturated carbocycles. The third-order valence-electron chi connectivity index (χ3n) is 3.27. The number of hydrogen-bond donors (Lipinski definition) is 0. The van der Waals surface area contributed by atoms with E-state index in [4.69, 9.17) is 9.47 Å². The summed E-state index contributed by atoms with van der Waals surface area (Å²) in [5, 5.41) is 0. The van der Waals surface area contributed by atoms with Gasteiger partial charge in [0.2, 0.25) is 0 Å². The maximum absolute atomic E-state index is 12.4. The number of rotatable bonds is 6. The number of urea groups is 1. The molecule has 0 fully saturated rings. The summed E-state index contributed by atoms with van der Waals surface area (Å²) < 4.78 is 11.9. The number of esters is 1. The largest absolute Gasteiger partial charge is 0.495 e. The van der Waals surface area contributed by atoms with E-state index in [1.54, 1.807) is 30.3 Å². The van der Waals surface area contributed by atoms with Crippen molar-refractivity contribution in [2.45, 2.75) is 24.7 Å². The molecule has 22 heavy (non-hydrogen) atoms. The zero-order valence-electron chi connectivity index (χ0n) is 13.0. The molecular formula is C15H20N2O4S. The Morgan fingerprint density at radius 2 is 2.14 bits per heavy atom. The van der Waals surface area contributed by atoms with Crippen molar-refractivity contribution in [2.75, 3.05) is 32.2 Å². The van der Waals surface area contributed by atoms with Gasteiger partial charge in [0, 0.05) is 20.0 Å². The standard InChI is InChI=1S/C15H20N2O4S/c1-4-21-13(18)9-6-10-17-15(19)16(2)14-11(20-3)7-5-8-12(14)22-17/h5,7-8H,4,6,9-10H2,1-3H3. The van der Waals surface area contributed by atoms with E-state index >= 15 is 0 Å². The van der Waals surface area contributed by atoms with Crippen LogP contribution in [0.4, 0.5) is 10.5 Å². The maximum Gasteiger partial charge on any atom is 0.334 e. The van der Waals surface area contributed by atoms with Gasteiger partial charge in [0.15, 0.2) is 0 Å². The Morgan fingerprint density at radius 1 is 1.36 bits per heavy atom. The molecular weight excluding hydrogens is 304 g/mol. The molecule has 0 atom stereocenters. The second kappa shape index (κ2) is 7.40. The average molecular weight is 324 g/mol. The quantitative estimate of drug-likeness (QED) is 0.595. The molecule has 6 nitrogen and oxygen atoms in total. The Bertz CT molecular complexity index is 564. The molecule has 0 N–H and O–H groups in total. The van der Waals surface area contributed by atoms with Gasteiger partial charge in [-0.15, -0.1) is 0 Å². The first kappa shape index (κ1) is 16.5. The summed E-state index contributed by atoms with van der Waals surface area (Å²) in [7, 11) is 3.31. The molecule has 0 saturated heterocycles. The Labute approximate surface area is 134 Å². The van der Waals surface area contributed by atoms with Crippen LogP contribution in [0.3, 0.4) is 0 Å². The maximum atomic E-state index is 12.4. The predicted octanol–water partition coefficient (Wildman–Crippen LogP) is 2.92. The monoisotopic (exact) mass is 324 g/mol. The highest BCUT2D eigenvalue weighted by atomic mass is 32.2. The Balaban J connectivity index is 2.04. The number of benzene rings is 1. The fourth-order valence-electron chi connectivity index (χ4n) is 2.23. The third-order valence-corrected chi connectivity index (χ3v) is 4.36. The minimum atomic E-state index is -0.229. The van der Waals surface area contributed by atoms with Crippen molar-refractivity contribution in [2.24, 2.45) is 0 Å². The van der Waals surface area contributed by atoms with Gasteiger partial charge in [0.05, 0.1) is 18.6 Å². The number of fused-ring (bicyclic) bond motifs is 1. The van der Waals surface area contributed by atoms with E-state index in [-0.39, 0.29) is 12.0 Å². The van der Waals surface area contributed by atoms with Crippen LogP contribution in [0.2, 0.25) is 0 Å². The van der Waals surface area contributed by atoms with Crippen LogP contribution in [-0.4, -0.2) is 43.6 Å². The first-order chi connectivity index (χ1) is 10.6. The van der Waals surface area contributed by atoms with Crippen molar-refractivity contribution < 1.29 is 19.1 Å². The zero-order valence-corrected chi connectivity index (χ0v) is 13.8. The lowest BCUT2D eigenvalue weighted by Crippen LogP contribution is -2.41. The van der Waals surface area contributed by atoms with Crippen LogP contribution in [0.5, 0.6) is 5.75 Å². The minimum Gasteiger partial charge on any atom is -0.495 e. The molecule has 0 radical (unpaired) electrons. The second-order valence-corrected chi connectivity index (χ2v) is 5.81. The molecule has 1 heterocycles. The highest BCUT2D eigenvalue weighted by Gasteiger charge is 2.31. The number of hydrogen-bond acceptors (Lipinski definition) is 5. The van der Waals surface area contributed by atoms with E-state index in [1.165, 1.54) is 11.9 Å². The van der Waals surface area contributed by atoms with Crippen molar-refractivity contribution in [1.29, 1.82) is 0 Å². The summed E-state index contributed by atoms with van der Waals surface area (Å²) in [5.41, 5.74) is 0.779. The molecule has 120 valence electrons. The summed E-state index contributed by atoms with van der Waals surface area (Å²) in [6, 6.07) is 5.56. The number of ether oxygens (including phenoxy) is 2. The summed E-state index contributed by atoms with van der Waals surface area (Å²) >= 11 is 1.37. The van der Waals surface area contributed by atoms with Crippen LogP contribution in [0, 0.1) is 0 Å². The zero-order chi connectivity index (χ0) is 16.1. The molecule has 1 aliphatic heterocycles. The van der Waals surface area contributed by atoms with E-state index in [0.29, 0.717) is 31.7 Å². The van der Waals surface area contributed by atoms with Gasteiger partial charge in [-0.05, 0) is 37.4 Å². The van der Waals surface area contributed by atoms with Crippen LogP contribution in [-0.2, 0) is 9.53 Å². The minimum absolute atomic E-state index is 0.120. The smallest absolute Gasteiger partial charge is 0.334 e. The van der Waals surface area contributed by atoms with Crippen LogP contribution in [0.15, 0.2) is 23.1 Å². The fourth-order valence-corrected chi connectivity index (χ4v) is 3.36. The number of amides is 2. The molecule has 0 unspecified atom stereocenters. The number of nitrogens with zero attached hydrogens (tertiary/aromatic N) is 2. The SMILES string of the molecule is CCOC(=O)CCCN1Sc2cccc(OC)c2N(C)C1=O. The summed E-state index contributed by atoms with van der Waals surface area (Å²) in [6.45, 7) is 2.65. The molecule has 0 bridgehead atoms. The first-order valence-corrected chi connectivity index (χ1v) is 7.91. The Kier molecular flexibility index (Phi) is 5.54. The van der Waals surface area contributed by atoms with Gasteiger partial charge in [0.25, 0.3) is 0 Å². The number of anilines is 1. The van der Waals surface area contributed by atoms with E-state index in [1.807, 2.05) is 18.2 Å². The normalized spacial score (nSPS) is 13.9. The van der Waals surface area contributed by atoms with Gasteiger partial charge < -0.3 is 9.47 Å². The van der Waals surface area contributed by atoms with Gasteiger partial charge >= 0.3 is 12.0 Å². The van der Waals surface area contributed by atoms with E-state index < -0.39 is 0 Å². The van der Waals surface area contributed by atoms with Gasteiger partial charge in [-0.25, -0.2) is 4.79 Å². The predicted molar refractivity (Wildman–Crippen MR) is 85.2 cm³/mol. The van der Waals surface area contributed by atoms with Gasteiger partial charge in [-0.1, -0.05) is 6.07 Å². The topological polar surface area (TPSA) is 59.1 Å². The van der Waals surface area contributed by atoms with Crippen LogP contribution < -0.4 is 9.64 Å². The van der Waals surface area contributed by atoms with Crippen molar-refractivity contribution in [3.63, 3.8) is 0 Å². The molecule has 0 spiro atoms. The summed E-state index contributed by atoms with van der Waals surface area (Å²) in [4.78, 5) is 26.3. The molecule has 1 aromatic carbocycles. The van der Waals surface area contributed by atoms with Crippen molar-refractivity contribution in [3.8, 4) is 5.75 Å². The Hall–Kier alpha value is -1.89. The summed E-state index contributed by atoms with van der Waals surface area (Å²) in [5.74, 6) is 0.444. The number of carbonyl (C=O) groups is 2. The van der Waals surface area contributed by atoms with Crippen LogP contribution >= 0.6 is 11.9 Å². The highest BCUT2D eigenvalue weighted by Crippen LogP contribution is 2.43. The van der Waals surface area contributed by atoms with E-state index in [2.05, 4.69) is 0 Å². The molecule has 1 aromatic rings. The fraction of sp³-hybridized carbons (Fsp3) is 0.467.